The van der Waals surface area contributed by atoms with Gasteiger partial charge < -0.3 is 14.8 Å². The van der Waals surface area contributed by atoms with Gasteiger partial charge in [0.2, 0.25) is 5.91 Å². The number of hydrogen-bond acceptors (Lipinski definition) is 4. The molecule has 0 spiro atoms. The minimum absolute atomic E-state index is 0.146. The molecule has 5 nitrogen and oxygen atoms in total. The molecule has 0 aromatic heterocycles. The van der Waals surface area contributed by atoms with Gasteiger partial charge in [0.15, 0.2) is 0 Å². The van der Waals surface area contributed by atoms with Crippen LogP contribution in [0.25, 0.3) is 0 Å². The highest BCUT2D eigenvalue weighted by Gasteiger charge is 2.06. The Bertz CT molecular complexity index is 746. The topological polar surface area (TPSA) is 71.3 Å². The van der Waals surface area contributed by atoms with E-state index in [0.717, 1.165) is 22.4 Å². The first-order valence-electron chi connectivity index (χ1n) is 8.14. The summed E-state index contributed by atoms with van der Waals surface area (Å²) in [5.41, 5.74) is 3.18. The number of nitriles is 1. The van der Waals surface area contributed by atoms with Crippen molar-refractivity contribution in [3.8, 4) is 17.6 Å². The fourth-order valence-corrected chi connectivity index (χ4v) is 2.45. The van der Waals surface area contributed by atoms with Crippen LogP contribution in [0.15, 0.2) is 42.5 Å². The number of carbonyl (C=O) groups is 1. The van der Waals surface area contributed by atoms with Crippen molar-refractivity contribution >= 4 is 5.91 Å². The molecule has 5 heteroatoms. The van der Waals surface area contributed by atoms with Crippen LogP contribution in [-0.4, -0.2) is 19.1 Å². The minimum Gasteiger partial charge on any atom is -0.490 e. The lowest BCUT2D eigenvalue weighted by molar-refractivity contribution is -0.120. The zero-order valence-corrected chi connectivity index (χ0v) is 14.5. The second kappa shape index (κ2) is 9.33. The van der Waals surface area contributed by atoms with Crippen LogP contribution < -0.4 is 14.8 Å². The zero-order valence-electron chi connectivity index (χ0n) is 14.5. The Morgan fingerprint density at radius 2 is 1.76 bits per heavy atom. The number of nitrogens with one attached hydrogen (secondary N) is 1. The van der Waals surface area contributed by atoms with Gasteiger partial charge in [0, 0.05) is 12.1 Å². The maximum Gasteiger partial charge on any atom is 0.234 e. The van der Waals surface area contributed by atoms with Crippen molar-refractivity contribution in [3.05, 3.63) is 59.2 Å². The van der Waals surface area contributed by atoms with E-state index in [4.69, 9.17) is 14.7 Å². The molecule has 0 bridgehead atoms. The van der Waals surface area contributed by atoms with Crippen LogP contribution in [0.4, 0.5) is 0 Å². The lowest BCUT2D eigenvalue weighted by Crippen LogP contribution is -2.22. The van der Waals surface area contributed by atoms with Crippen LogP contribution in [-0.2, 0) is 11.3 Å². The molecule has 0 heterocycles. The summed E-state index contributed by atoms with van der Waals surface area (Å²) in [5.74, 6) is 1.23. The Morgan fingerprint density at radius 1 is 1.08 bits per heavy atom. The molecule has 0 saturated heterocycles. The van der Waals surface area contributed by atoms with E-state index < -0.39 is 0 Å². The fraction of sp³-hybridized carbons (Fsp3) is 0.300. The summed E-state index contributed by atoms with van der Waals surface area (Å²) in [7, 11) is 0. The van der Waals surface area contributed by atoms with Crippen molar-refractivity contribution in [3.63, 3.8) is 0 Å². The standard InChI is InChI=1S/C20H22N2O3/c1-15-11-16(2)13-18(12-15)24-9-10-25-19-6-4-3-5-17(19)14-22-20(23)7-8-21/h3-6,11-13H,7,9-10,14H2,1-2H3,(H,22,23). The number of hydrogen-bond donors (Lipinski definition) is 1. The Hall–Kier alpha value is -3.00. The van der Waals surface area contributed by atoms with Gasteiger partial charge in [0.05, 0.1) is 6.07 Å². The molecule has 0 radical (unpaired) electrons. The zero-order chi connectivity index (χ0) is 18.1. The van der Waals surface area contributed by atoms with Gasteiger partial charge in [-0.25, -0.2) is 0 Å². The molecule has 2 rings (SSSR count). The predicted octanol–water partition coefficient (Wildman–Crippen LogP) is 3.29. The van der Waals surface area contributed by atoms with Crippen LogP contribution in [0.1, 0.15) is 23.1 Å². The average molecular weight is 338 g/mol. The smallest absolute Gasteiger partial charge is 0.234 e. The minimum atomic E-state index is -0.296. The van der Waals surface area contributed by atoms with E-state index in [0.29, 0.717) is 25.5 Å². The van der Waals surface area contributed by atoms with Gasteiger partial charge in [-0.15, -0.1) is 0 Å². The third-order valence-corrected chi connectivity index (χ3v) is 3.49. The molecule has 0 aliphatic heterocycles. The number of aryl methyl sites for hydroxylation is 2. The molecule has 0 fully saturated rings. The van der Waals surface area contributed by atoms with E-state index in [2.05, 4.69) is 11.4 Å². The van der Waals surface area contributed by atoms with Crippen LogP contribution in [0, 0.1) is 25.2 Å². The molecule has 0 saturated carbocycles. The molecule has 0 aliphatic rings. The van der Waals surface area contributed by atoms with E-state index in [9.17, 15) is 4.79 Å². The summed E-state index contributed by atoms with van der Waals surface area (Å²) in [6.07, 6.45) is -0.146. The van der Waals surface area contributed by atoms with E-state index in [-0.39, 0.29) is 12.3 Å². The highest BCUT2D eigenvalue weighted by Crippen LogP contribution is 2.19. The van der Waals surface area contributed by atoms with Gasteiger partial charge in [-0.3, -0.25) is 4.79 Å². The molecule has 2 aromatic carbocycles. The van der Waals surface area contributed by atoms with Crippen molar-refractivity contribution in [2.75, 3.05) is 13.2 Å². The molecule has 0 aliphatic carbocycles. The fourth-order valence-electron chi connectivity index (χ4n) is 2.45. The molecular formula is C20H22N2O3. The highest BCUT2D eigenvalue weighted by atomic mass is 16.5. The number of ether oxygens (including phenoxy) is 2. The number of amides is 1. The largest absolute Gasteiger partial charge is 0.490 e. The third kappa shape index (κ3) is 6.19. The van der Waals surface area contributed by atoms with E-state index in [1.807, 2.05) is 56.3 Å². The van der Waals surface area contributed by atoms with Gasteiger partial charge in [-0.05, 0) is 43.2 Å². The maximum absolute atomic E-state index is 11.4. The van der Waals surface area contributed by atoms with Crippen LogP contribution in [0.2, 0.25) is 0 Å². The molecule has 0 atom stereocenters. The van der Waals surface area contributed by atoms with Gasteiger partial charge >= 0.3 is 0 Å². The molecule has 2 aromatic rings. The summed E-state index contributed by atoms with van der Waals surface area (Å²) in [6.45, 7) is 5.23. The van der Waals surface area contributed by atoms with Crippen molar-refractivity contribution in [2.45, 2.75) is 26.8 Å². The molecule has 0 unspecified atom stereocenters. The normalized spacial score (nSPS) is 9.96. The highest BCUT2D eigenvalue weighted by molar-refractivity contribution is 5.78. The second-order valence-corrected chi connectivity index (χ2v) is 5.74. The molecular weight excluding hydrogens is 316 g/mol. The van der Waals surface area contributed by atoms with Crippen LogP contribution >= 0.6 is 0 Å². The summed E-state index contributed by atoms with van der Waals surface area (Å²) in [4.78, 5) is 11.4. The lowest BCUT2D eigenvalue weighted by atomic mass is 10.1. The first-order chi connectivity index (χ1) is 12.1. The summed E-state index contributed by atoms with van der Waals surface area (Å²) < 4.78 is 11.5. The van der Waals surface area contributed by atoms with Crippen molar-refractivity contribution in [2.24, 2.45) is 0 Å². The quantitative estimate of drug-likeness (QED) is 0.750. The number of nitrogens with zero attached hydrogens (tertiary/aromatic N) is 1. The summed E-state index contributed by atoms with van der Waals surface area (Å²) in [6, 6.07) is 15.4. The van der Waals surface area contributed by atoms with Crippen LogP contribution in [0.3, 0.4) is 0 Å². The summed E-state index contributed by atoms with van der Waals surface area (Å²) >= 11 is 0. The summed E-state index contributed by atoms with van der Waals surface area (Å²) in [5, 5.41) is 11.2. The van der Waals surface area contributed by atoms with Gasteiger partial charge in [-0.2, -0.15) is 5.26 Å². The van der Waals surface area contributed by atoms with E-state index in [1.54, 1.807) is 0 Å². The third-order valence-electron chi connectivity index (χ3n) is 3.49. The number of rotatable bonds is 8. The van der Waals surface area contributed by atoms with Crippen molar-refractivity contribution in [1.29, 1.82) is 5.26 Å². The Morgan fingerprint density at radius 3 is 2.48 bits per heavy atom. The van der Waals surface area contributed by atoms with Gasteiger partial charge in [-0.1, -0.05) is 24.3 Å². The maximum atomic E-state index is 11.4. The molecule has 130 valence electrons. The Balaban J connectivity index is 1.84. The number of para-hydroxylation sites is 1. The monoisotopic (exact) mass is 338 g/mol. The van der Waals surface area contributed by atoms with E-state index in [1.165, 1.54) is 0 Å². The van der Waals surface area contributed by atoms with Crippen molar-refractivity contribution in [1.82, 2.24) is 5.32 Å². The second-order valence-electron chi connectivity index (χ2n) is 5.74. The lowest BCUT2D eigenvalue weighted by Gasteiger charge is -2.13. The molecule has 25 heavy (non-hydrogen) atoms. The SMILES string of the molecule is Cc1cc(C)cc(OCCOc2ccccc2CNC(=O)CC#N)c1. The Labute approximate surface area is 148 Å². The van der Waals surface area contributed by atoms with Crippen molar-refractivity contribution < 1.29 is 14.3 Å². The van der Waals surface area contributed by atoms with Gasteiger partial charge in [0.1, 0.15) is 31.1 Å². The van der Waals surface area contributed by atoms with Gasteiger partial charge in [0.25, 0.3) is 0 Å². The van der Waals surface area contributed by atoms with E-state index >= 15 is 0 Å². The molecule has 1 N–H and O–H groups in total. The average Bonchev–Trinajstić information content (AvgIpc) is 2.57. The van der Waals surface area contributed by atoms with Crippen LogP contribution in [0.5, 0.6) is 11.5 Å². The Kier molecular flexibility index (Phi) is 6.85. The first kappa shape index (κ1) is 18.3. The number of carbonyl (C=O) groups excluding carboxylic acids is 1. The predicted molar refractivity (Wildman–Crippen MR) is 95.4 cm³/mol. The molecule has 1 amide bonds. The first-order valence-corrected chi connectivity index (χ1v) is 8.14. The number of benzene rings is 2.